The van der Waals surface area contributed by atoms with Crippen LogP contribution in [0.4, 0.5) is 9.18 Å². The highest BCUT2D eigenvalue weighted by Crippen LogP contribution is 2.24. The molecule has 5 rings (SSSR count). The molecule has 0 aromatic heterocycles. The molecule has 3 unspecified atom stereocenters. The molecule has 0 spiro atoms. The second-order valence-corrected chi connectivity index (χ2v) is 14.1. The van der Waals surface area contributed by atoms with Gasteiger partial charge >= 0.3 is 6.09 Å². The minimum atomic E-state index is -0.888. The van der Waals surface area contributed by atoms with Gasteiger partial charge < -0.3 is 25.2 Å². The number of piperazine rings is 1. The maximum absolute atomic E-state index is 14.3. The molecule has 3 aromatic carbocycles. The van der Waals surface area contributed by atoms with Gasteiger partial charge in [-0.25, -0.2) is 9.18 Å². The van der Waals surface area contributed by atoms with Crippen molar-refractivity contribution in [2.75, 3.05) is 39.8 Å². The first-order valence-corrected chi connectivity index (χ1v) is 17.1. The molecule has 0 aliphatic carbocycles. The van der Waals surface area contributed by atoms with Crippen molar-refractivity contribution in [2.24, 2.45) is 5.92 Å². The lowest BCUT2D eigenvalue weighted by Gasteiger charge is -2.45. The molecule has 2 fully saturated rings. The lowest BCUT2D eigenvalue weighted by molar-refractivity contribution is -0.144. The second kappa shape index (κ2) is 15.4. The number of halogens is 1. The third-order valence-electron chi connectivity index (χ3n) is 9.37. The predicted molar refractivity (Wildman–Crippen MR) is 186 cm³/mol. The highest BCUT2D eigenvalue weighted by molar-refractivity contribution is 5.90. The van der Waals surface area contributed by atoms with Crippen molar-refractivity contribution >= 4 is 34.6 Å². The number of amides is 4. The van der Waals surface area contributed by atoms with Gasteiger partial charge in [-0.2, -0.15) is 0 Å². The Kier molecular flexibility index (Phi) is 11.2. The quantitative estimate of drug-likeness (QED) is 0.335. The van der Waals surface area contributed by atoms with Crippen LogP contribution in [-0.2, 0) is 32.0 Å². The molecule has 0 bridgehead atoms. The molecule has 4 amide bonds. The Balaban J connectivity index is 1.28. The van der Waals surface area contributed by atoms with Crippen LogP contribution in [0.15, 0.2) is 66.7 Å². The predicted octanol–water partition coefficient (Wildman–Crippen LogP) is 4.15. The number of hydrogen-bond donors (Lipinski definition) is 2. The van der Waals surface area contributed by atoms with E-state index in [2.05, 4.69) is 45.9 Å². The zero-order chi connectivity index (χ0) is 35.3. The second-order valence-electron chi connectivity index (χ2n) is 14.1. The van der Waals surface area contributed by atoms with Crippen molar-refractivity contribution < 1.29 is 28.3 Å². The number of likely N-dealkylation sites (tertiary alicyclic amines) is 1. The number of likely N-dealkylation sites (N-methyl/N-ethyl adjacent to an activating group) is 1. The standard InChI is InChI=1S/C38H48FN5O5/c1-6-31-24-42(33(35(46)40-5)21-26-11-14-27-9-7-8-10-28(27)19-26)17-18-44(31)36(47)32(20-25-12-15-30(39)16-13-25)41-34(45)29-22-43(23-29)37(48)49-38(2,3)4/h7-16,19,29,31-33H,6,17-18,20-24H2,1-5H3,(H,40,46)(H,41,45). The number of benzene rings is 3. The van der Waals surface area contributed by atoms with E-state index < -0.39 is 29.7 Å². The molecular formula is C38H48FN5O5. The van der Waals surface area contributed by atoms with Crippen LogP contribution in [-0.4, -0.2) is 102 Å². The summed E-state index contributed by atoms with van der Waals surface area (Å²) < 4.78 is 19.1. The van der Waals surface area contributed by atoms with E-state index in [0.717, 1.165) is 16.3 Å². The molecule has 262 valence electrons. The summed E-state index contributed by atoms with van der Waals surface area (Å²) in [6.07, 6.45) is 0.894. The zero-order valence-corrected chi connectivity index (χ0v) is 29.1. The maximum Gasteiger partial charge on any atom is 0.410 e. The van der Waals surface area contributed by atoms with Gasteiger partial charge in [0.15, 0.2) is 0 Å². The molecule has 0 saturated carbocycles. The summed E-state index contributed by atoms with van der Waals surface area (Å²) in [6.45, 7) is 9.14. The van der Waals surface area contributed by atoms with Crippen LogP contribution in [0, 0.1) is 11.7 Å². The van der Waals surface area contributed by atoms with E-state index in [-0.39, 0.29) is 49.1 Å². The van der Waals surface area contributed by atoms with Gasteiger partial charge in [0.1, 0.15) is 17.5 Å². The van der Waals surface area contributed by atoms with Crippen molar-refractivity contribution in [3.63, 3.8) is 0 Å². The largest absolute Gasteiger partial charge is 0.444 e. The fourth-order valence-electron chi connectivity index (χ4n) is 6.61. The average Bonchev–Trinajstić information content (AvgIpc) is 3.05. The van der Waals surface area contributed by atoms with E-state index >= 15 is 0 Å². The van der Waals surface area contributed by atoms with Crippen LogP contribution in [0.5, 0.6) is 0 Å². The first-order chi connectivity index (χ1) is 23.3. The van der Waals surface area contributed by atoms with Gasteiger partial charge in [-0.05, 0) is 67.6 Å². The number of hydrogen-bond acceptors (Lipinski definition) is 6. The van der Waals surface area contributed by atoms with E-state index in [0.29, 0.717) is 38.0 Å². The van der Waals surface area contributed by atoms with Crippen molar-refractivity contribution in [3.05, 3.63) is 83.7 Å². The SMILES string of the molecule is CCC1CN(C(Cc2ccc3ccccc3c2)C(=O)NC)CCN1C(=O)C(Cc1ccc(F)cc1)NC(=O)C1CN(C(=O)OC(C)(C)C)C1. The molecular weight excluding hydrogens is 625 g/mol. The average molecular weight is 674 g/mol. The van der Waals surface area contributed by atoms with E-state index in [1.807, 2.05) is 24.0 Å². The molecule has 49 heavy (non-hydrogen) atoms. The van der Waals surface area contributed by atoms with Crippen LogP contribution < -0.4 is 10.6 Å². The number of ether oxygens (including phenoxy) is 1. The van der Waals surface area contributed by atoms with Gasteiger partial charge in [0.05, 0.1) is 12.0 Å². The van der Waals surface area contributed by atoms with Gasteiger partial charge in [0.2, 0.25) is 17.7 Å². The van der Waals surface area contributed by atoms with Crippen molar-refractivity contribution in [2.45, 2.75) is 70.7 Å². The molecule has 2 aliphatic rings. The van der Waals surface area contributed by atoms with Crippen molar-refractivity contribution in [3.8, 4) is 0 Å². The van der Waals surface area contributed by atoms with Gasteiger partial charge in [0.25, 0.3) is 0 Å². The smallest absolute Gasteiger partial charge is 0.410 e. The fourth-order valence-corrected chi connectivity index (χ4v) is 6.61. The molecule has 10 nitrogen and oxygen atoms in total. The minimum absolute atomic E-state index is 0.0786. The Bertz CT molecular complexity index is 1650. The molecule has 2 saturated heterocycles. The summed E-state index contributed by atoms with van der Waals surface area (Å²) in [7, 11) is 1.64. The summed E-state index contributed by atoms with van der Waals surface area (Å²) in [5.41, 5.74) is 1.13. The van der Waals surface area contributed by atoms with Crippen LogP contribution in [0.2, 0.25) is 0 Å². The van der Waals surface area contributed by atoms with E-state index in [1.165, 1.54) is 17.0 Å². The van der Waals surface area contributed by atoms with E-state index in [1.54, 1.807) is 40.0 Å². The van der Waals surface area contributed by atoms with Crippen molar-refractivity contribution in [1.29, 1.82) is 0 Å². The maximum atomic E-state index is 14.3. The Hall–Kier alpha value is -4.51. The van der Waals surface area contributed by atoms with E-state index in [4.69, 9.17) is 4.74 Å². The summed E-state index contributed by atoms with van der Waals surface area (Å²) in [4.78, 5) is 58.8. The molecule has 11 heteroatoms. The van der Waals surface area contributed by atoms with Gasteiger partial charge in [-0.15, -0.1) is 0 Å². The lowest BCUT2D eigenvalue weighted by atomic mass is 9.96. The molecule has 2 N–H and O–H groups in total. The van der Waals surface area contributed by atoms with Crippen molar-refractivity contribution in [1.82, 2.24) is 25.3 Å². The van der Waals surface area contributed by atoms with Crippen LogP contribution in [0.1, 0.15) is 45.2 Å². The Morgan fingerprint density at radius 2 is 1.57 bits per heavy atom. The number of rotatable bonds is 10. The topological polar surface area (TPSA) is 111 Å². The molecule has 3 atom stereocenters. The van der Waals surface area contributed by atoms with Crippen LogP contribution in [0.3, 0.4) is 0 Å². The Labute approximate surface area is 287 Å². The lowest BCUT2D eigenvalue weighted by Crippen LogP contribution is -2.64. The highest BCUT2D eigenvalue weighted by atomic mass is 19.1. The Morgan fingerprint density at radius 3 is 2.22 bits per heavy atom. The summed E-state index contributed by atoms with van der Waals surface area (Å²) in [5.74, 6) is -1.48. The molecule has 2 heterocycles. The van der Waals surface area contributed by atoms with Crippen LogP contribution >= 0.6 is 0 Å². The zero-order valence-electron chi connectivity index (χ0n) is 29.1. The molecule has 0 radical (unpaired) electrons. The normalized spacial score (nSPS) is 18.4. The van der Waals surface area contributed by atoms with Gasteiger partial charge in [0, 0.05) is 52.2 Å². The van der Waals surface area contributed by atoms with E-state index in [9.17, 15) is 23.6 Å². The number of fused-ring (bicyclic) bond motifs is 1. The molecule has 3 aromatic rings. The van der Waals surface area contributed by atoms with Gasteiger partial charge in [-0.1, -0.05) is 61.5 Å². The fraction of sp³-hybridized carbons (Fsp3) is 0.474. The third-order valence-corrected chi connectivity index (χ3v) is 9.37. The molecule has 2 aliphatic heterocycles. The van der Waals surface area contributed by atoms with Crippen LogP contribution in [0.25, 0.3) is 10.8 Å². The minimum Gasteiger partial charge on any atom is -0.444 e. The number of nitrogens with zero attached hydrogens (tertiary/aromatic N) is 3. The van der Waals surface area contributed by atoms with Gasteiger partial charge in [-0.3, -0.25) is 19.3 Å². The summed E-state index contributed by atoms with van der Waals surface area (Å²) >= 11 is 0. The Morgan fingerprint density at radius 1 is 0.898 bits per heavy atom. The summed E-state index contributed by atoms with van der Waals surface area (Å²) in [6, 6.07) is 18.8. The highest BCUT2D eigenvalue weighted by Gasteiger charge is 2.41. The monoisotopic (exact) mass is 673 g/mol. The first-order valence-electron chi connectivity index (χ1n) is 17.1. The number of nitrogens with one attached hydrogen (secondary N) is 2. The third kappa shape index (κ3) is 8.94. The summed E-state index contributed by atoms with van der Waals surface area (Å²) in [5, 5.41) is 8.05. The first kappa shape index (κ1) is 35.8. The number of carbonyl (C=O) groups is 4. The number of carbonyl (C=O) groups excluding carboxylic acids is 4.